The summed E-state index contributed by atoms with van der Waals surface area (Å²) in [6.07, 6.45) is 0. The molecule has 7 nitrogen and oxygen atoms in total. The smallest absolute Gasteiger partial charge is 0.261 e. The third-order valence-electron chi connectivity index (χ3n) is 3.44. The lowest BCUT2D eigenvalue weighted by Crippen LogP contribution is -2.36. The van der Waals surface area contributed by atoms with Crippen LogP contribution in [0, 0.1) is 0 Å². The van der Waals surface area contributed by atoms with Gasteiger partial charge in [-0.25, -0.2) is 8.42 Å². The topological polar surface area (TPSA) is 95.6 Å². The van der Waals surface area contributed by atoms with Gasteiger partial charge in [-0.05, 0) is 36.4 Å². The quantitative estimate of drug-likeness (QED) is 0.781. The van der Waals surface area contributed by atoms with Crippen molar-refractivity contribution in [3.8, 4) is 0 Å². The Morgan fingerprint density at radius 2 is 1.65 bits per heavy atom. The van der Waals surface area contributed by atoms with E-state index >= 15 is 0 Å². The average molecular weight is 396 g/mol. The third kappa shape index (κ3) is 4.96. The maximum absolute atomic E-state index is 12.5. The summed E-state index contributed by atoms with van der Waals surface area (Å²) in [5, 5.41) is 2.88. The number of likely N-dealkylation sites (N-methyl/N-ethyl adjacent to an activating group) is 1. The molecule has 0 fully saturated rings. The van der Waals surface area contributed by atoms with Gasteiger partial charge in [0.2, 0.25) is 5.91 Å². The Balaban J connectivity index is 2.22. The average Bonchev–Trinajstić information content (AvgIpc) is 2.59. The fourth-order valence-corrected chi connectivity index (χ4v) is 3.20. The van der Waals surface area contributed by atoms with Gasteiger partial charge in [-0.1, -0.05) is 23.7 Å². The van der Waals surface area contributed by atoms with E-state index in [4.69, 9.17) is 11.6 Å². The first-order valence-corrected chi connectivity index (χ1v) is 9.42. The van der Waals surface area contributed by atoms with Crippen molar-refractivity contribution in [2.45, 2.75) is 4.90 Å². The van der Waals surface area contributed by atoms with Crippen LogP contribution in [0.4, 0.5) is 5.69 Å². The highest BCUT2D eigenvalue weighted by Crippen LogP contribution is 2.21. The lowest BCUT2D eigenvalue weighted by atomic mass is 10.1. The van der Waals surface area contributed by atoms with Crippen LogP contribution >= 0.6 is 11.6 Å². The molecule has 2 aromatic rings. The molecule has 0 heterocycles. The molecule has 0 saturated carbocycles. The van der Waals surface area contributed by atoms with Crippen LogP contribution in [0.1, 0.15) is 10.4 Å². The van der Waals surface area contributed by atoms with Gasteiger partial charge in [0.25, 0.3) is 15.9 Å². The van der Waals surface area contributed by atoms with Gasteiger partial charge in [0.05, 0.1) is 22.7 Å². The summed E-state index contributed by atoms with van der Waals surface area (Å²) in [6, 6.07) is 11.8. The molecule has 2 amide bonds. The minimum atomic E-state index is -3.89. The van der Waals surface area contributed by atoms with Crippen molar-refractivity contribution in [1.29, 1.82) is 0 Å². The SMILES string of the molecule is CN(C)C(=O)CNC(=O)c1ccccc1NS(=O)(=O)c1ccc(Cl)cc1. The Bertz CT molecular complexity index is 912. The van der Waals surface area contributed by atoms with Crippen LogP contribution in [-0.2, 0) is 14.8 Å². The molecule has 0 aliphatic heterocycles. The summed E-state index contributed by atoms with van der Waals surface area (Å²) < 4.78 is 27.4. The van der Waals surface area contributed by atoms with Crippen LogP contribution < -0.4 is 10.0 Å². The highest BCUT2D eigenvalue weighted by atomic mass is 35.5. The minimum Gasteiger partial charge on any atom is -0.347 e. The lowest BCUT2D eigenvalue weighted by molar-refractivity contribution is -0.127. The van der Waals surface area contributed by atoms with Crippen LogP contribution in [0.5, 0.6) is 0 Å². The van der Waals surface area contributed by atoms with E-state index in [0.717, 1.165) is 0 Å². The number of amides is 2. The van der Waals surface area contributed by atoms with E-state index < -0.39 is 15.9 Å². The molecule has 2 N–H and O–H groups in total. The number of hydrogen-bond donors (Lipinski definition) is 2. The Morgan fingerprint density at radius 1 is 1.04 bits per heavy atom. The molecule has 0 aromatic heterocycles. The molecular formula is C17H18ClN3O4S. The number of sulfonamides is 1. The number of nitrogens with one attached hydrogen (secondary N) is 2. The maximum atomic E-state index is 12.5. The normalized spacial score (nSPS) is 10.9. The van der Waals surface area contributed by atoms with Crippen molar-refractivity contribution in [2.24, 2.45) is 0 Å². The molecule has 0 unspecified atom stereocenters. The fraction of sp³-hybridized carbons (Fsp3) is 0.176. The second-order valence-corrected chi connectivity index (χ2v) is 7.69. The Hall–Kier alpha value is -2.58. The van der Waals surface area contributed by atoms with Crippen LogP contribution in [0.3, 0.4) is 0 Å². The first-order chi connectivity index (χ1) is 12.2. The van der Waals surface area contributed by atoms with E-state index in [0.29, 0.717) is 5.02 Å². The van der Waals surface area contributed by atoms with E-state index in [1.165, 1.54) is 41.3 Å². The van der Waals surface area contributed by atoms with Crippen molar-refractivity contribution in [3.63, 3.8) is 0 Å². The van der Waals surface area contributed by atoms with Crippen molar-refractivity contribution in [3.05, 3.63) is 59.1 Å². The first kappa shape index (κ1) is 19.7. The summed E-state index contributed by atoms with van der Waals surface area (Å²) in [4.78, 5) is 25.3. The predicted molar refractivity (Wildman–Crippen MR) is 99.7 cm³/mol. The monoisotopic (exact) mass is 395 g/mol. The van der Waals surface area contributed by atoms with Crippen LogP contribution in [0.15, 0.2) is 53.4 Å². The van der Waals surface area contributed by atoms with Crippen LogP contribution in [-0.4, -0.2) is 45.8 Å². The zero-order valence-electron chi connectivity index (χ0n) is 14.2. The summed E-state index contributed by atoms with van der Waals surface area (Å²) in [5.41, 5.74) is 0.217. The molecule has 0 radical (unpaired) electrons. The van der Waals surface area contributed by atoms with E-state index in [9.17, 15) is 18.0 Å². The van der Waals surface area contributed by atoms with Crippen molar-refractivity contribution in [1.82, 2.24) is 10.2 Å². The van der Waals surface area contributed by atoms with Gasteiger partial charge in [0.1, 0.15) is 0 Å². The van der Waals surface area contributed by atoms with E-state index in [-0.39, 0.29) is 28.6 Å². The van der Waals surface area contributed by atoms with E-state index in [1.807, 2.05) is 0 Å². The van der Waals surface area contributed by atoms with Gasteiger partial charge in [0.15, 0.2) is 0 Å². The molecule has 0 aliphatic carbocycles. The number of para-hydroxylation sites is 1. The number of nitrogens with zero attached hydrogens (tertiary/aromatic N) is 1. The zero-order chi connectivity index (χ0) is 19.3. The molecule has 2 rings (SSSR count). The molecule has 2 aromatic carbocycles. The molecular weight excluding hydrogens is 378 g/mol. The second-order valence-electron chi connectivity index (χ2n) is 5.58. The third-order valence-corrected chi connectivity index (χ3v) is 5.07. The molecule has 0 spiro atoms. The van der Waals surface area contributed by atoms with Crippen molar-refractivity contribution < 1.29 is 18.0 Å². The number of rotatable bonds is 6. The van der Waals surface area contributed by atoms with Crippen LogP contribution in [0.2, 0.25) is 5.02 Å². The highest BCUT2D eigenvalue weighted by molar-refractivity contribution is 7.92. The zero-order valence-corrected chi connectivity index (χ0v) is 15.8. The van der Waals surface area contributed by atoms with E-state index in [1.54, 1.807) is 26.2 Å². The van der Waals surface area contributed by atoms with Crippen molar-refractivity contribution >= 4 is 39.1 Å². The summed E-state index contributed by atoms with van der Waals surface area (Å²) in [6.45, 7) is -0.190. The van der Waals surface area contributed by atoms with E-state index in [2.05, 4.69) is 10.0 Å². The maximum Gasteiger partial charge on any atom is 0.261 e. The second kappa shape index (κ2) is 8.20. The number of carbonyl (C=O) groups is 2. The van der Waals surface area contributed by atoms with Gasteiger partial charge in [-0.3, -0.25) is 14.3 Å². The fourth-order valence-electron chi connectivity index (χ4n) is 2.00. The number of carbonyl (C=O) groups excluding carboxylic acids is 2. The molecule has 138 valence electrons. The Kier molecular flexibility index (Phi) is 6.23. The van der Waals surface area contributed by atoms with Gasteiger partial charge >= 0.3 is 0 Å². The first-order valence-electron chi connectivity index (χ1n) is 7.56. The van der Waals surface area contributed by atoms with Gasteiger partial charge in [-0.2, -0.15) is 0 Å². The Labute approximate surface area is 157 Å². The number of benzene rings is 2. The number of halogens is 1. The molecule has 9 heteroatoms. The van der Waals surface area contributed by atoms with Gasteiger partial charge in [-0.15, -0.1) is 0 Å². The van der Waals surface area contributed by atoms with Gasteiger partial charge < -0.3 is 10.2 Å². The largest absolute Gasteiger partial charge is 0.347 e. The number of hydrogen-bond acceptors (Lipinski definition) is 4. The minimum absolute atomic E-state index is 0.0138. The Morgan fingerprint density at radius 3 is 2.27 bits per heavy atom. The lowest BCUT2D eigenvalue weighted by Gasteiger charge is -2.14. The molecule has 0 aliphatic rings. The molecule has 0 saturated heterocycles. The summed E-state index contributed by atoms with van der Waals surface area (Å²) in [7, 11) is -0.750. The predicted octanol–water partition coefficient (Wildman–Crippen LogP) is 1.96. The summed E-state index contributed by atoms with van der Waals surface area (Å²) >= 11 is 5.77. The summed E-state index contributed by atoms with van der Waals surface area (Å²) in [5.74, 6) is -0.841. The molecule has 26 heavy (non-hydrogen) atoms. The number of anilines is 1. The van der Waals surface area contributed by atoms with Crippen LogP contribution in [0.25, 0.3) is 0 Å². The van der Waals surface area contributed by atoms with Gasteiger partial charge in [0, 0.05) is 19.1 Å². The highest BCUT2D eigenvalue weighted by Gasteiger charge is 2.19. The molecule has 0 atom stereocenters. The standard InChI is InChI=1S/C17H18ClN3O4S/c1-21(2)16(22)11-19-17(23)14-5-3-4-6-15(14)20-26(24,25)13-9-7-12(18)8-10-13/h3-10,20H,11H2,1-2H3,(H,19,23). The molecule has 0 bridgehead atoms. The van der Waals surface area contributed by atoms with Crippen molar-refractivity contribution in [2.75, 3.05) is 25.4 Å².